The van der Waals surface area contributed by atoms with E-state index in [-0.39, 0.29) is 18.3 Å². The van der Waals surface area contributed by atoms with Crippen LogP contribution in [0.3, 0.4) is 0 Å². The molecule has 0 aliphatic rings. The number of nitrogens with zero attached hydrogens (tertiary/aromatic N) is 1. The van der Waals surface area contributed by atoms with Crippen molar-refractivity contribution in [2.75, 3.05) is 18.9 Å². The average molecular weight is 288 g/mol. The predicted octanol–water partition coefficient (Wildman–Crippen LogP) is 1.48. The van der Waals surface area contributed by atoms with Crippen LogP contribution in [0.15, 0.2) is 9.72 Å². The molecule has 0 atom stereocenters. The Hall–Kier alpha value is -1.08. The van der Waals surface area contributed by atoms with E-state index in [1.54, 1.807) is 18.7 Å². The summed E-state index contributed by atoms with van der Waals surface area (Å²) in [5.41, 5.74) is 0.737. The summed E-state index contributed by atoms with van der Waals surface area (Å²) >= 11 is 3.06. The molecule has 0 fully saturated rings. The Balaban J connectivity index is 2.29. The van der Waals surface area contributed by atoms with Crippen LogP contribution in [0.4, 0.5) is 0 Å². The number of thiazole rings is 1. The molecule has 0 saturated carbocycles. The molecule has 0 unspecified atom stereocenters. The normalized spacial score (nSPS) is 10.1. The number of aromatic nitrogens is 1. The summed E-state index contributed by atoms with van der Waals surface area (Å²) in [6.07, 6.45) is 0.219. The summed E-state index contributed by atoms with van der Waals surface area (Å²) in [7, 11) is 0. The summed E-state index contributed by atoms with van der Waals surface area (Å²) in [4.78, 5) is 26.2. The summed E-state index contributed by atoms with van der Waals surface area (Å²) in [5.74, 6) is 0.488. The maximum atomic E-state index is 11.2. The van der Waals surface area contributed by atoms with Gasteiger partial charge in [0.1, 0.15) is 4.34 Å². The molecule has 1 heterocycles. The van der Waals surface area contributed by atoms with Gasteiger partial charge in [-0.1, -0.05) is 11.8 Å². The first-order chi connectivity index (χ1) is 8.61. The highest BCUT2D eigenvalue weighted by molar-refractivity contribution is 8.01. The minimum atomic E-state index is -0.252. The van der Waals surface area contributed by atoms with Crippen molar-refractivity contribution >= 4 is 35.0 Å². The van der Waals surface area contributed by atoms with Gasteiger partial charge in [0.15, 0.2) is 0 Å². The fourth-order valence-electron chi connectivity index (χ4n) is 1.16. The van der Waals surface area contributed by atoms with Gasteiger partial charge in [-0.05, 0) is 6.92 Å². The third-order valence-electron chi connectivity index (χ3n) is 1.86. The lowest BCUT2D eigenvalue weighted by atomic mass is 10.3. The number of ether oxygens (including phenoxy) is 1. The Labute approximate surface area is 114 Å². The predicted molar refractivity (Wildman–Crippen MR) is 71.9 cm³/mol. The number of carbonyl (C=O) groups is 2. The zero-order chi connectivity index (χ0) is 13.4. The van der Waals surface area contributed by atoms with E-state index in [4.69, 9.17) is 4.74 Å². The van der Waals surface area contributed by atoms with Gasteiger partial charge in [-0.25, -0.2) is 4.98 Å². The lowest BCUT2D eigenvalue weighted by molar-refractivity contribution is -0.142. The van der Waals surface area contributed by atoms with Gasteiger partial charge in [-0.2, -0.15) is 0 Å². The molecule has 0 spiro atoms. The lowest BCUT2D eigenvalue weighted by Crippen LogP contribution is -2.22. The molecule has 7 heteroatoms. The van der Waals surface area contributed by atoms with E-state index >= 15 is 0 Å². The fourth-order valence-corrected chi connectivity index (χ4v) is 2.93. The van der Waals surface area contributed by atoms with E-state index in [9.17, 15) is 9.59 Å². The van der Waals surface area contributed by atoms with Crippen LogP contribution < -0.4 is 5.32 Å². The molecule has 0 aliphatic heterocycles. The van der Waals surface area contributed by atoms with E-state index in [0.717, 1.165) is 15.8 Å². The van der Waals surface area contributed by atoms with E-state index in [1.807, 2.05) is 5.38 Å². The van der Waals surface area contributed by atoms with Crippen molar-refractivity contribution in [3.63, 3.8) is 0 Å². The Kier molecular flexibility index (Phi) is 6.74. The second-order valence-corrected chi connectivity index (χ2v) is 5.62. The molecule has 18 heavy (non-hydrogen) atoms. The molecule has 0 aliphatic carbocycles. The summed E-state index contributed by atoms with van der Waals surface area (Å²) in [6, 6.07) is 0. The molecular weight excluding hydrogens is 272 g/mol. The van der Waals surface area contributed by atoms with Gasteiger partial charge >= 0.3 is 5.97 Å². The van der Waals surface area contributed by atoms with Crippen molar-refractivity contribution < 1.29 is 14.3 Å². The number of hydrogen-bond donors (Lipinski definition) is 1. The lowest BCUT2D eigenvalue weighted by Gasteiger charge is -1.99. The van der Waals surface area contributed by atoms with Gasteiger partial charge in [-0.3, -0.25) is 9.59 Å². The monoisotopic (exact) mass is 288 g/mol. The quantitative estimate of drug-likeness (QED) is 0.467. The molecule has 1 N–H and O–H groups in total. The van der Waals surface area contributed by atoms with Crippen LogP contribution in [0.25, 0.3) is 0 Å². The Morgan fingerprint density at radius 1 is 1.56 bits per heavy atom. The number of carbonyl (C=O) groups excluding carboxylic acids is 2. The molecule has 0 radical (unpaired) electrons. The van der Waals surface area contributed by atoms with Crippen LogP contribution in [0, 0.1) is 0 Å². The van der Waals surface area contributed by atoms with Crippen LogP contribution in [-0.4, -0.2) is 35.8 Å². The van der Waals surface area contributed by atoms with Gasteiger partial charge in [0.2, 0.25) is 5.91 Å². The van der Waals surface area contributed by atoms with Gasteiger partial charge in [0.25, 0.3) is 0 Å². The first-order valence-corrected chi connectivity index (χ1v) is 7.45. The first kappa shape index (κ1) is 15.0. The van der Waals surface area contributed by atoms with Gasteiger partial charge in [0.05, 0.1) is 18.7 Å². The smallest absolute Gasteiger partial charge is 0.311 e. The summed E-state index contributed by atoms with van der Waals surface area (Å²) in [6.45, 7) is 4.28. The second kappa shape index (κ2) is 8.10. The number of nitrogens with one attached hydrogen (secondary N) is 1. The standard InChI is InChI=1S/C11H16N2O3S2/c1-3-16-10(15)6-9-7-18-11(13-9)17-5-4-12-8(2)14/h7H,3-6H2,1-2H3,(H,12,14). The van der Waals surface area contributed by atoms with Crippen LogP contribution in [-0.2, 0) is 20.7 Å². The Morgan fingerprint density at radius 3 is 3.00 bits per heavy atom. The largest absolute Gasteiger partial charge is 0.466 e. The summed E-state index contributed by atoms with van der Waals surface area (Å²) < 4.78 is 5.75. The van der Waals surface area contributed by atoms with Crippen LogP contribution >= 0.6 is 23.1 Å². The minimum absolute atomic E-state index is 0.0299. The highest BCUT2D eigenvalue weighted by atomic mass is 32.2. The van der Waals surface area contributed by atoms with Crippen molar-refractivity contribution in [2.45, 2.75) is 24.6 Å². The van der Waals surface area contributed by atoms with Crippen molar-refractivity contribution in [1.29, 1.82) is 0 Å². The van der Waals surface area contributed by atoms with Crippen LogP contribution in [0.2, 0.25) is 0 Å². The first-order valence-electron chi connectivity index (χ1n) is 5.59. The van der Waals surface area contributed by atoms with Crippen molar-refractivity contribution in [1.82, 2.24) is 10.3 Å². The molecule has 1 amide bonds. The fraction of sp³-hybridized carbons (Fsp3) is 0.545. The van der Waals surface area contributed by atoms with E-state index < -0.39 is 0 Å². The molecule has 0 aromatic carbocycles. The number of amides is 1. The Morgan fingerprint density at radius 2 is 2.33 bits per heavy atom. The average Bonchev–Trinajstić information content (AvgIpc) is 2.72. The number of esters is 1. The van der Waals surface area contributed by atoms with Gasteiger partial charge in [0, 0.05) is 24.6 Å². The highest BCUT2D eigenvalue weighted by Gasteiger charge is 2.08. The number of hydrogen-bond acceptors (Lipinski definition) is 6. The number of thioether (sulfide) groups is 1. The third kappa shape index (κ3) is 6.02. The molecule has 0 bridgehead atoms. The van der Waals surface area contributed by atoms with Crippen molar-refractivity contribution in [2.24, 2.45) is 0 Å². The number of rotatable bonds is 7. The summed E-state index contributed by atoms with van der Waals surface area (Å²) in [5, 5.41) is 4.57. The van der Waals surface area contributed by atoms with E-state index in [2.05, 4.69) is 10.3 Å². The Bertz CT molecular complexity index is 407. The molecule has 100 valence electrons. The molecular formula is C11H16N2O3S2. The van der Waals surface area contributed by atoms with E-state index in [1.165, 1.54) is 18.3 Å². The van der Waals surface area contributed by atoms with E-state index in [0.29, 0.717) is 13.2 Å². The molecule has 1 rings (SSSR count). The minimum Gasteiger partial charge on any atom is -0.466 e. The molecule has 0 saturated heterocycles. The zero-order valence-corrected chi connectivity index (χ0v) is 12.0. The molecule has 1 aromatic rings. The molecule has 5 nitrogen and oxygen atoms in total. The van der Waals surface area contributed by atoms with Crippen molar-refractivity contribution in [3.05, 3.63) is 11.1 Å². The van der Waals surface area contributed by atoms with Crippen LogP contribution in [0.1, 0.15) is 19.5 Å². The second-order valence-electron chi connectivity index (χ2n) is 3.42. The van der Waals surface area contributed by atoms with Crippen LogP contribution in [0.5, 0.6) is 0 Å². The maximum absolute atomic E-state index is 11.2. The maximum Gasteiger partial charge on any atom is 0.311 e. The molecule has 1 aromatic heterocycles. The topological polar surface area (TPSA) is 68.3 Å². The zero-order valence-electron chi connectivity index (χ0n) is 10.4. The SMILES string of the molecule is CCOC(=O)Cc1csc(SCCNC(C)=O)n1. The van der Waals surface area contributed by atoms with Gasteiger partial charge < -0.3 is 10.1 Å². The van der Waals surface area contributed by atoms with Gasteiger partial charge in [-0.15, -0.1) is 11.3 Å². The van der Waals surface area contributed by atoms with Crippen molar-refractivity contribution in [3.8, 4) is 0 Å². The highest BCUT2D eigenvalue weighted by Crippen LogP contribution is 2.22. The third-order valence-corrected chi connectivity index (χ3v) is 3.93.